The molecule has 0 radical (unpaired) electrons. The van der Waals surface area contributed by atoms with E-state index >= 15 is 0 Å². The predicted molar refractivity (Wildman–Crippen MR) is 70.1 cm³/mol. The van der Waals surface area contributed by atoms with Crippen LogP contribution in [0, 0.1) is 0 Å². The Balaban J connectivity index is 1.99. The summed E-state index contributed by atoms with van der Waals surface area (Å²) in [5.41, 5.74) is 0.488. The molecule has 3 heterocycles. The van der Waals surface area contributed by atoms with E-state index in [1.807, 2.05) is 6.26 Å². The maximum absolute atomic E-state index is 9.98. The van der Waals surface area contributed by atoms with Crippen LogP contribution in [0.15, 0.2) is 17.6 Å². The molecule has 1 aliphatic rings. The number of aliphatic hydroxyl groups is 3. The van der Waals surface area contributed by atoms with Gasteiger partial charge in [0.1, 0.15) is 29.7 Å². The van der Waals surface area contributed by atoms with E-state index in [1.54, 1.807) is 6.20 Å². The van der Waals surface area contributed by atoms with Gasteiger partial charge in [-0.2, -0.15) is 0 Å². The number of fused-ring (bicyclic) bond motifs is 1. The Labute approximate surface area is 118 Å². The van der Waals surface area contributed by atoms with Gasteiger partial charge in [-0.15, -0.1) is 16.9 Å². The number of rotatable bonds is 3. The van der Waals surface area contributed by atoms with E-state index in [0.29, 0.717) is 5.65 Å². The van der Waals surface area contributed by atoms with Gasteiger partial charge >= 0.3 is 0 Å². The second-order valence-electron chi connectivity index (χ2n) is 4.46. The van der Waals surface area contributed by atoms with Crippen LogP contribution in [0.1, 0.15) is 6.23 Å². The first-order chi connectivity index (χ1) is 9.65. The normalized spacial score (nSPS) is 30.2. The first kappa shape index (κ1) is 13.7. The molecule has 2 aromatic rings. The van der Waals surface area contributed by atoms with Gasteiger partial charge in [0, 0.05) is 6.20 Å². The second-order valence-corrected chi connectivity index (χ2v) is 5.25. The molecular weight excluding hydrogens is 284 g/mol. The summed E-state index contributed by atoms with van der Waals surface area (Å²) in [5, 5.41) is 34.6. The molecular formula is C11H14N4O4S. The fourth-order valence-electron chi connectivity index (χ4n) is 2.23. The molecule has 0 spiro atoms. The van der Waals surface area contributed by atoms with Gasteiger partial charge in [-0.3, -0.25) is 0 Å². The molecule has 0 unspecified atom stereocenters. The van der Waals surface area contributed by atoms with Crippen LogP contribution in [0.25, 0.3) is 11.0 Å². The van der Waals surface area contributed by atoms with Crippen molar-refractivity contribution in [2.75, 3.05) is 12.9 Å². The van der Waals surface area contributed by atoms with Crippen LogP contribution in [-0.2, 0) is 4.74 Å². The van der Waals surface area contributed by atoms with Gasteiger partial charge in [0.15, 0.2) is 11.9 Å². The Morgan fingerprint density at radius 2 is 2.15 bits per heavy atom. The lowest BCUT2D eigenvalue weighted by Crippen LogP contribution is -2.33. The molecule has 20 heavy (non-hydrogen) atoms. The van der Waals surface area contributed by atoms with E-state index in [1.165, 1.54) is 22.8 Å². The average molecular weight is 298 g/mol. The lowest BCUT2D eigenvalue weighted by Gasteiger charge is -2.14. The van der Waals surface area contributed by atoms with Gasteiger partial charge in [-0.05, 0) is 6.26 Å². The fraction of sp³-hybridized carbons (Fsp3) is 0.545. The number of hydrogen-bond donors (Lipinski definition) is 3. The molecule has 1 aliphatic heterocycles. The lowest BCUT2D eigenvalue weighted by atomic mass is 10.1. The van der Waals surface area contributed by atoms with Crippen molar-refractivity contribution in [2.45, 2.75) is 29.6 Å². The number of ether oxygens (including phenoxy) is 1. The van der Waals surface area contributed by atoms with E-state index in [2.05, 4.69) is 15.1 Å². The van der Waals surface area contributed by atoms with Crippen molar-refractivity contribution in [1.82, 2.24) is 19.7 Å². The van der Waals surface area contributed by atoms with Gasteiger partial charge in [0.2, 0.25) is 0 Å². The van der Waals surface area contributed by atoms with Crippen molar-refractivity contribution in [2.24, 2.45) is 0 Å². The van der Waals surface area contributed by atoms with Crippen LogP contribution >= 0.6 is 11.8 Å². The minimum atomic E-state index is -1.16. The van der Waals surface area contributed by atoms with E-state index in [0.717, 1.165) is 10.4 Å². The summed E-state index contributed by atoms with van der Waals surface area (Å²) < 4.78 is 6.83. The van der Waals surface area contributed by atoms with Crippen molar-refractivity contribution in [3.63, 3.8) is 0 Å². The first-order valence-corrected chi connectivity index (χ1v) is 7.24. The number of aromatic nitrogens is 4. The van der Waals surface area contributed by atoms with Crippen molar-refractivity contribution in [1.29, 1.82) is 0 Å². The van der Waals surface area contributed by atoms with Crippen LogP contribution < -0.4 is 0 Å². The first-order valence-electron chi connectivity index (χ1n) is 6.02. The van der Waals surface area contributed by atoms with Crippen LogP contribution in [0.5, 0.6) is 0 Å². The largest absolute Gasteiger partial charge is 0.394 e. The Morgan fingerprint density at radius 1 is 1.35 bits per heavy atom. The summed E-state index contributed by atoms with van der Waals surface area (Å²) in [6.45, 7) is -0.370. The molecule has 1 saturated heterocycles. The molecule has 0 amide bonds. The zero-order valence-corrected chi connectivity index (χ0v) is 11.4. The monoisotopic (exact) mass is 298 g/mol. The third-order valence-electron chi connectivity index (χ3n) is 3.27. The van der Waals surface area contributed by atoms with Crippen LogP contribution in [0.3, 0.4) is 0 Å². The minimum Gasteiger partial charge on any atom is -0.394 e. The Kier molecular flexibility index (Phi) is 3.61. The smallest absolute Gasteiger partial charge is 0.185 e. The molecule has 0 aromatic carbocycles. The number of nitrogens with zero attached hydrogens (tertiary/aromatic N) is 4. The molecule has 3 N–H and O–H groups in total. The van der Waals surface area contributed by atoms with Gasteiger partial charge in [0.05, 0.1) is 12.0 Å². The number of thioether (sulfide) groups is 1. The number of aliphatic hydroxyl groups excluding tert-OH is 3. The van der Waals surface area contributed by atoms with E-state index in [-0.39, 0.29) is 6.61 Å². The summed E-state index contributed by atoms with van der Waals surface area (Å²) in [5.74, 6) is 0. The Hall–Kier alpha value is -1.26. The summed E-state index contributed by atoms with van der Waals surface area (Å²) in [6, 6.07) is 0. The molecule has 0 bridgehead atoms. The topological polar surface area (TPSA) is 114 Å². The van der Waals surface area contributed by atoms with Crippen molar-refractivity contribution >= 4 is 22.8 Å². The van der Waals surface area contributed by atoms with Crippen molar-refractivity contribution in [3.8, 4) is 0 Å². The molecule has 108 valence electrons. The zero-order valence-electron chi connectivity index (χ0n) is 10.6. The third kappa shape index (κ3) is 2.07. The maximum Gasteiger partial charge on any atom is 0.185 e. The van der Waals surface area contributed by atoms with E-state index < -0.39 is 24.5 Å². The molecule has 9 heteroatoms. The summed E-state index contributed by atoms with van der Waals surface area (Å²) >= 11 is 1.46. The van der Waals surface area contributed by atoms with Gasteiger partial charge in [-0.1, -0.05) is 0 Å². The van der Waals surface area contributed by atoms with Gasteiger partial charge in [0.25, 0.3) is 0 Å². The van der Waals surface area contributed by atoms with Crippen molar-refractivity contribution < 1.29 is 20.1 Å². The predicted octanol–water partition coefficient (Wildman–Crippen LogP) is -0.840. The highest BCUT2D eigenvalue weighted by Gasteiger charge is 2.43. The van der Waals surface area contributed by atoms with Crippen LogP contribution in [0.2, 0.25) is 0 Å². The Morgan fingerprint density at radius 3 is 2.80 bits per heavy atom. The Bertz CT molecular complexity index is 621. The SMILES string of the molecule is CSc1ncnc2nn([C@@H]3O[C@@H](CO)[C@@H](O)[C@@H]3O)cc12. The minimum absolute atomic E-state index is 0.370. The van der Waals surface area contributed by atoms with Gasteiger partial charge in [-0.25, -0.2) is 14.6 Å². The molecule has 0 aliphatic carbocycles. The number of hydrogen-bond acceptors (Lipinski definition) is 8. The highest BCUT2D eigenvalue weighted by molar-refractivity contribution is 7.98. The maximum atomic E-state index is 9.98. The van der Waals surface area contributed by atoms with Crippen LogP contribution in [0.4, 0.5) is 0 Å². The van der Waals surface area contributed by atoms with E-state index in [4.69, 9.17) is 9.84 Å². The van der Waals surface area contributed by atoms with E-state index in [9.17, 15) is 10.2 Å². The summed E-state index contributed by atoms with van der Waals surface area (Å²) in [7, 11) is 0. The van der Waals surface area contributed by atoms with Gasteiger partial charge < -0.3 is 20.1 Å². The second kappa shape index (κ2) is 5.26. The molecule has 2 aromatic heterocycles. The highest BCUT2D eigenvalue weighted by Crippen LogP contribution is 2.31. The third-order valence-corrected chi connectivity index (χ3v) is 3.98. The summed E-state index contributed by atoms with van der Waals surface area (Å²) in [6.07, 6.45) is 0.991. The highest BCUT2D eigenvalue weighted by atomic mass is 32.2. The van der Waals surface area contributed by atoms with Crippen molar-refractivity contribution in [3.05, 3.63) is 12.5 Å². The lowest BCUT2D eigenvalue weighted by molar-refractivity contribution is -0.0583. The fourth-order valence-corrected chi connectivity index (χ4v) is 2.74. The molecule has 3 rings (SSSR count). The van der Waals surface area contributed by atoms with Crippen LogP contribution in [-0.4, -0.2) is 66.2 Å². The molecule has 4 atom stereocenters. The average Bonchev–Trinajstić information content (AvgIpc) is 3.01. The molecule has 1 fully saturated rings. The quantitative estimate of drug-likeness (QED) is 0.496. The molecule has 8 nitrogen and oxygen atoms in total. The zero-order chi connectivity index (χ0) is 14.3. The molecule has 0 saturated carbocycles. The standard InChI is InChI=1S/C11H14N4O4S/c1-20-10-5-2-15(14-9(5)12-4-13-10)11-8(18)7(17)6(3-16)19-11/h2,4,6-8,11,16-18H,3H2,1H3/t6-,7+,8-,11+/m0/s1. The summed E-state index contributed by atoms with van der Waals surface area (Å²) in [4.78, 5) is 8.20.